The second kappa shape index (κ2) is 7.01. The summed E-state index contributed by atoms with van der Waals surface area (Å²) >= 11 is 0. The summed E-state index contributed by atoms with van der Waals surface area (Å²) in [7, 11) is 0. The summed E-state index contributed by atoms with van der Waals surface area (Å²) in [5.74, 6) is -0.707. The van der Waals surface area contributed by atoms with E-state index in [4.69, 9.17) is 5.11 Å². The summed E-state index contributed by atoms with van der Waals surface area (Å²) < 4.78 is 2.08. The molecule has 0 aliphatic carbocycles. The molecule has 0 saturated heterocycles. The van der Waals surface area contributed by atoms with Crippen molar-refractivity contribution in [3.8, 4) is 0 Å². The summed E-state index contributed by atoms with van der Waals surface area (Å²) in [4.78, 5) is 14.5. The molecule has 0 radical (unpaired) electrons. The number of aliphatic carboxylic acids is 1. The second-order valence-corrected chi connectivity index (χ2v) is 4.16. The number of hydrogen-bond acceptors (Lipinski definition) is 2. The van der Waals surface area contributed by atoms with Crippen LogP contribution in [0.5, 0.6) is 0 Å². The highest BCUT2D eigenvalue weighted by atomic mass is 35.5. The first-order chi connectivity index (χ1) is 8.27. The van der Waals surface area contributed by atoms with Crippen LogP contribution in [0.3, 0.4) is 0 Å². The fraction of sp³-hybridized carbons (Fsp3) is 0.385. The molecule has 2 rings (SSSR count). The number of imidazole rings is 1. The standard InChI is InChI=1S/C13H16N2O2.ClH/c16-13(17)8-3-1-2-5-11-6-4-7-12-9-14-10-15(11)12;/h4,6-7,9-10H,1-3,5,8H2,(H,16,17);1H. The van der Waals surface area contributed by atoms with Crippen LogP contribution >= 0.6 is 12.4 Å². The third-order valence-corrected chi connectivity index (χ3v) is 2.86. The summed E-state index contributed by atoms with van der Waals surface area (Å²) in [6.07, 6.45) is 7.63. The zero-order valence-electron chi connectivity index (χ0n) is 10.1. The third-order valence-electron chi connectivity index (χ3n) is 2.86. The Hall–Kier alpha value is -1.55. The van der Waals surface area contributed by atoms with E-state index in [9.17, 15) is 4.79 Å². The van der Waals surface area contributed by atoms with Gasteiger partial charge in [0, 0.05) is 12.1 Å². The van der Waals surface area contributed by atoms with E-state index in [1.54, 1.807) is 0 Å². The van der Waals surface area contributed by atoms with Crippen molar-refractivity contribution in [3.05, 3.63) is 36.4 Å². The molecular weight excluding hydrogens is 252 g/mol. The molecule has 2 heterocycles. The molecule has 1 N–H and O–H groups in total. The Balaban J connectivity index is 0.00000162. The summed E-state index contributed by atoms with van der Waals surface area (Å²) in [6.45, 7) is 0. The molecule has 4 nitrogen and oxygen atoms in total. The average molecular weight is 269 g/mol. The third kappa shape index (κ3) is 3.74. The zero-order valence-corrected chi connectivity index (χ0v) is 10.9. The number of halogens is 1. The number of carbonyl (C=O) groups is 1. The normalized spacial score (nSPS) is 10.2. The van der Waals surface area contributed by atoms with E-state index in [0.717, 1.165) is 31.2 Å². The monoisotopic (exact) mass is 268 g/mol. The highest BCUT2D eigenvalue weighted by molar-refractivity contribution is 5.85. The molecule has 98 valence electrons. The van der Waals surface area contributed by atoms with E-state index in [2.05, 4.69) is 15.5 Å². The topological polar surface area (TPSA) is 54.6 Å². The summed E-state index contributed by atoms with van der Waals surface area (Å²) in [5.41, 5.74) is 2.34. The Bertz CT molecular complexity index is 510. The van der Waals surface area contributed by atoms with Crippen LogP contribution in [0, 0.1) is 0 Å². The van der Waals surface area contributed by atoms with Crippen molar-refractivity contribution < 1.29 is 9.90 Å². The Kier molecular flexibility index (Phi) is 5.65. The lowest BCUT2D eigenvalue weighted by Crippen LogP contribution is -1.97. The van der Waals surface area contributed by atoms with Gasteiger partial charge in [-0.15, -0.1) is 12.4 Å². The Morgan fingerprint density at radius 1 is 1.28 bits per heavy atom. The summed E-state index contributed by atoms with van der Waals surface area (Å²) in [5, 5.41) is 8.53. The molecule has 2 aromatic rings. The summed E-state index contributed by atoms with van der Waals surface area (Å²) in [6, 6.07) is 6.15. The lowest BCUT2D eigenvalue weighted by atomic mass is 10.1. The van der Waals surface area contributed by atoms with Crippen LogP contribution in [-0.2, 0) is 11.2 Å². The Labute approximate surface area is 112 Å². The molecule has 0 saturated carbocycles. The van der Waals surface area contributed by atoms with Crippen molar-refractivity contribution in [2.75, 3.05) is 0 Å². The molecule has 0 unspecified atom stereocenters. The number of rotatable bonds is 6. The first-order valence-corrected chi connectivity index (χ1v) is 5.89. The average Bonchev–Trinajstić information content (AvgIpc) is 2.77. The van der Waals surface area contributed by atoms with Crippen molar-refractivity contribution in [3.63, 3.8) is 0 Å². The Morgan fingerprint density at radius 3 is 2.89 bits per heavy atom. The zero-order chi connectivity index (χ0) is 12.1. The van der Waals surface area contributed by atoms with E-state index >= 15 is 0 Å². The lowest BCUT2D eigenvalue weighted by Gasteiger charge is -2.04. The van der Waals surface area contributed by atoms with E-state index < -0.39 is 5.97 Å². The number of aryl methyl sites for hydroxylation is 1. The van der Waals surface area contributed by atoms with Crippen molar-refractivity contribution in [1.29, 1.82) is 0 Å². The minimum absolute atomic E-state index is 0. The SMILES string of the molecule is Cl.O=C(O)CCCCCc1cccc2cncn12. The molecule has 5 heteroatoms. The minimum atomic E-state index is -0.707. The molecule has 0 atom stereocenters. The molecule has 2 aromatic heterocycles. The smallest absolute Gasteiger partial charge is 0.303 e. The van der Waals surface area contributed by atoms with Gasteiger partial charge in [0.05, 0.1) is 18.0 Å². The van der Waals surface area contributed by atoms with Gasteiger partial charge in [-0.05, 0) is 31.4 Å². The largest absolute Gasteiger partial charge is 0.481 e. The van der Waals surface area contributed by atoms with Gasteiger partial charge in [-0.1, -0.05) is 12.5 Å². The molecule has 0 spiro atoms. The van der Waals surface area contributed by atoms with Crippen molar-refractivity contribution in [2.24, 2.45) is 0 Å². The molecule has 0 bridgehead atoms. The number of pyridine rings is 1. The molecule has 18 heavy (non-hydrogen) atoms. The quantitative estimate of drug-likeness (QED) is 0.820. The van der Waals surface area contributed by atoms with Crippen LogP contribution in [0.2, 0.25) is 0 Å². The van der Waals surface area contributed by atoms with Gasteiger partial charge in [0.15, 0.2) is 0 Å². The predicted molar refractivity (Wildman–Crippen MR) is 72.2 cm³/mol. The highest BCUT2D eigenvalue weighted by Crippen LogP contribution is 2.11. The van der Waals surface area contributed by atoms with Crippen LogP contribution in [0.4, 0.5) is 0 Å². The number of aromatic nitrogens is 2. The maximum atomic E-state index is 10.4. The van der Waals surface area contributed by atoms with E-state index in [1.165, 1.54) is 5.69 Å². The van der Waals surface area contributed by atoms with E-state index in [0.29, 0.717) is 0 Å². The molecule has 0 amide bonds. The van der Waals surface area contributed by atoms with Crippen molar-refractivity contribution in [2.45, 2.75) is 32.1 Å². The van der Waals surface area contributed by atoms with Gasteiger partial charge in [0.25, 0.3) is 0 Å². The number of hydrogen-bond donors (Lipinski definition) is 1. The van der Waals surface area contributed by atoms with Gasteiger partial charge in [-0.25, -0.2) is 4.98 Å². The highest BCUT2D eigenvalue weighted by Gasteiger charge is 2.01. The predicted octanol–water partition coefficient (Wildman–Crippen LogP) is 2.94. The molecule has 0 fully saturated rings. The van der Waals surface area contributed by atoms with Crippen LogP contribution in [-0.4, -0.2) is 20.5 Å². The maximum absolute atomic E-state index is 10.4. The second-order valence-electron chi connectivity index (χ2n) is 4.16. The van der Waals surface area contributed by atoms with Gasteiger partial charge >= 0.3 is 5.97 Å². The number of carboxylic acid groups (broad SMARTS) is 1. The van der Waals surface area contributed by atoms with Gasteiger partial charge in [-0.3, -0.25) is 4.79 Å². The first-order valence-electron chi connectivity index (χ1n) is 5.89. The van der Waals surface area contributed by atoms with Crippen molar-refractivity contribution in [1.82, 2.24) is 9.38 Å². The molecule has 0 aliphatic rings. The van der Waals surface area contributed by atoms with Gasteiger partial charge in [-0.2, -0.15) is 0 Å². The molecule has 0 aromatic carbocycles. The van der Waals surface area contributed by atoms with Crippen LogP contribution in [0.15, 0.2) is 30.7 Å². The fourth-order valence-electron chi connectivity index (χ4n) is 1.97. The fourth-order valence-corrected chi connectivity index (χ4v) is 1.97. The van der Waals surface area contributed by atoms with E-state index in [-0.39, 0.29) is 18.8 Å². The maximum Gasteiger partial charge on any atom is 0.303 e. The van der Waals surface area contributed by atoms with Crippen LogP contribution in [0.25, 0.3) is 5.52 Å². The molecular formula is C13H17ClN2O2. The first kappa shape index (κ1) is 14.5. The van der Waals surface area contributed by atoms with Crippen LogP contribution < -0.4 is 0 Å². The number of nitrogens with zero attached hydrogens (tertiary/aromatic N) is 2. The number of fused-ring (bicyclic) bond motifs is 1. The van der Waals surface area contributed by atoms with Crippen LogP contribution in [0.1, 0.15) is 31.4 Å². The minimum Gasteiger partial charge on any atom is -0.481 e. The van der Waals surface area contributed by atoms with Gasteiger partial charge < -0.3 is 9.51 Å². The number of unbranched alkanes of at least 4 members (excludes halogenated alkanes) is 2. The van der Waals surface area contributed by atoms with Gasteiger partial charge in [0.2, 0.25) is 0 Å². The molecule has 0 aliphatic heterocycles. The van der Waals surface area contributed by atoms with E-state index in [1.807, 2.05) is 24.7 Å². The van der Waals surface area contributed by atoms with Crippen molar-refractivity contribution >= 4 is 23.9 Å². The van der Waals surface area contributed by atoms with Gasteiger partial charge in [0.1, 0.15) is 0 Å². The Morgan fingerprint density at radius 2 is 2.11 bits per heavy atom. The lowest BCUT2D eigenvalue weighted by molar-refractivity contribution is -0.137. The number of carboxylic acids is 1.